The van der Waals surface area contributed by atoms with E-state index in [2.05, 4.69) is 5.32 Å². The van der Waals surface area contributed by atoms with Crippen LogP contribution in [0.4, 0.5) is 5.69 Å². The average Bonchev–Trinajstić information content (AvgIpc) is 2.46. The molecule has 0 aliphatic rings. The van der Waals surface area contributed by atoms with Gasteiger partial charge in [0, 0.05) is 17.3 Å². The molecule has 0 radical (unpaired) electrons. The summed E-state index contributed by atoms with van der Waals surface area (Å²) >= 11 is 5.88. The molecular formula is C16H16ClNO4. The molecule has 6 heteroatoms. The molecule has 3 N–H and O–H groups in total. The number of aromatic carboxylic acids is 1. The SMILES string of the molecule is Cc1cc(Cl)ccc1OCCNc1ccc(O)c(C(=O)O)c1. The Bertz CT molecular complexity index is 688. The summed E-state index contributed by atoms with van der Waals surface area (Å²) in [5.41, 5.74) is 1.41. The quantitative estimate of drug-likeness (QED) is 0.560. The minimum Gasteiger partial charge on any atom is -0.507 e. The third-order valence-electron chi connectivity index (χ3n) is 3.05. The Morgan fingerprint density at radius 1 is 1.27 bits per heavy atom. The highest BCUT2D eigenvalue weighted by atomic mass is 35.5. The molecule has 0 saturated carbocycles. The Morgan fingerprint density at radius 3 is 2.73 bits per heavy atom. The van der Waals surface area contributed by atoms with E-state index in [1.54, 1.807) is 18.2 Å². The van der Waals surface area contributed by atoms with Gasteiger partial charge >= 0.3 is 5.97 Å². The number of halogens is 1. The number of carboxylic acids is 1. The van der Waals surface area contributed by atoms with Gasteiger partial charge in [0.1, 0.15) is 23.7 Å². The number of benzene rings is 2. The first-order chi connectivity index (χ1) is 10.5. The van der Waals surface area contributed by atoms with E-state index in [4.69, 9.17) is 21.4 Å². The second-order valence-corrected chi connectivity index (χ2v) is 5.16. The van der Waals surface area contributed by atoms with E-state index in [1.807, 2.05) is 13.0 Å². The van der Waals surface area contributed by atoms with E-state index in [0.29, 0.717) is 23.9 Å². The van der Waals surface area contributed by atoms with Crippen LogP contribution in [0.25, 0.3) is 0 Å². The lowest BCUT2D eigenvalue weighted by Crippen LogP contribution is -2.12. The van der Waals surface area contributed by atoms with Crippen molar-refractivity contribution in [1.82, 2.24) is 0 Å². The Morgan fingerprint density at radius 2 is 2.05 bits per heavy atom. The van der Waals surface area contributed by atoms with Crippen LogP contribution < -0.4 is 10.1 Å². The second-order valence-electron chi connectivity index (χ2n) is 4.72. The summed E-state index contributed by atoms with van der Waals surface area (Å²) < 4.78 is 5.63. The van der Waals surface area contributed by atoms with Crippen molar-refractivity contribution in [1.29, 1.82) is 0 Å². The van der Waals surface area contributed by atoms with Crippen LogP contribution in [0, 0.1) is 6.92 Å². The molecule has 0 aliphatic heterocycles. The van der Waals surface area contributed by atoms with Crippen molar-refractivity contribution >= 4 is 23.3 Å². The highest BCUT2D eigenvalue weighted by Gasteiger charge is 2.09. The topological polar surface area (TPSA) is 78.8 Å². The Balaban J connectivity index is 1.89. The van der Waals surface area contributed by atoms with Crippen LogP contribution in [-0.4, -0.2) is 29.3 Å². The summed E-state index contributed by atoms with van der Waals surface area (Å²) in [6.45, 7) is 2.81. The second kappa shape index (κ2) is 7.04. The number of hydrogen-bond donors (Lipinski definition) is 3. The van der Waals surface area contributed by atoms with Crippen molar-refractivity contribution in [2.24, 2.45) is 0 Å². The molecule has 2 aromatic carbocycles. The van der Waals surface area contributed by atoms with Crippen molar-refractivity contribution in [3.05, 3.63) is 52.5 Å². The number of anilines is 1. The maximum absolute atomic E-state index is 10.9. The first kappa shape index (κ1) is 16.0. The number of phenols is 1. The van der Waals surface area contributed by atoms with E-state index >= 15 is 0 Å². The lowest BCUT2D eigenvalue weighted by atomic mass is 10.2. The Hall–Kier alpha value is -2.40. The van der Waals surface area contributed by atoms with Crippen LogP contribution in [0.3, 0.4) is 0 Å². The number of aryl methyl sites for hydroxylation is 1. The maximum atomic E-state index is 10.9. The molecule has 22 heavy (non-hydrogen) atoms. The van der Waals surface area contributed by atoms with Gasteiger partial charge in [0.15, 0.2) is 0 Å². The van der Waals surface area contributed by atoms with Gasteiger partial charge in [-0.2, -0.15) is 0 Å². The zero-order chi connectivity index (χ0) is 16.1. The molecule has 0 aromatic heterocycles. The van der Waals surface area contributed by atoms with E-state index in [9.17, 15) is 9.90 Å². The summed E-state index contributed by atoms with van der Waals surface area (Å²) in [5, 5.41) is 22.1. The molecule has 2 aromatic rings. The zero-order valence-corrected chi connectivity index (χ0v) is 12.7. The predicted octanol–water partition coefficient (Wildman–Crippen LogP) is 3.54. The average molecular weight is 322 g/mol. The predicted molar refractivity (Wildman–Crippen MR) is 85.2 cm³/mol. The molecule has 0 atom stereocenters. The summed E-state index contributed by atoms with van der Waals surface area (Å²) in [7, 11) is 0. The van der Waals surface area contributed by atoms with Crippen LogP contribution in [0.15, 0.2) is 36.4 Å². The fourth-order valence-electron chi connectivity index (χ4n) is 1.95. The molecular weight excluding hydrogens is 306 g/mol. The molecule has 0 unspecified atom stereocenters. The van der Waals surface area contributed by atoms with Crippen molar-refractivity contribution < 1.29 is 19.7 Å². The molecule has 0 spiro atoms. The number of hydrogen-bond acceptors (Lipinski definition) is 4. The van der Waals surface area contributed by atoms with Crippen LogP contribution in [0.5, 0.6) is 11.5 Å². The van der Waals surface area contributed by atoms with E-state index in [1.165, 1.54) is 12.1 Å². The number of nitrogens with one attached hydrogen (secondary N) is 1. The number of ether oxygens (including phenoxy) is 1. The molecule has 0 amide bonds. The number of carbonyl (C=O) groups is 1. The zero-order valence-electron chi connectivity index (χ0n) is 12.0. The first-order valence-electron chi connectivity index (χ1n) is 6.66. The third kappa shape index (κ3) is 4.05. The number of rotatable bonds is 6. The number of carboxylic acid groups (broad SMARTS) is 1. The number of aromatic hydroxyl groups is 1. The smallest absolute Gasteiger partial charge is 0.339 e. The van der Waals surface area contributed by atoms with Gasteiger partial charge in [-0.1, -0.05) is 11.6 Å². The minimum atomic E-state index is -1.17. The Kier molecular flexibility index (Phi) is 5.12. The van der Waals surface area contributed by atoms with Crippen LogP contribution >= 0.6 is 11.6 Å². The van der Waals surface area contributed by atoms with E-state index in [-0.39, 0.29) is 11.3 Å². The molecule has 2 rings (SSSR count). The fourth-order valence-corrected chi connectivity index (χ4v) is 2.18. The van der Waals surface area contributed by atoms with Gasteiger partial charge in [0.05, 0.1) is 0 Å². The standard InChI is InChI=1S/C16H16ClNO4/c1-10-8-11(17)2-5-15(10)22-7-6-18-12-3-4-14(19)13(9-12)16(20)21/h2-5,8-9,18-19H,6-7H2,1H3,(H,20,21). The third-order valence-corrected chi connectivity index (χ3v) is 3.29. The van der Waals surface area contributed by atoms with Gasteiger partial charge in [0.2, 0.25) is 0 Å². The Labute approximate surface area is 133 Å². The van der Waals surface area contributed by atoms with Gasteiger partial charge in [-0.15, -0.1) is 0 Å². The van der Waals surface area contributed by atoms with Gasteiger partial charge in [-0.25, -0.2) is 4.79 Å². The first-order valence-corrected chi connectivity index (χ1v) is 7.04. The lowest BCUT2D eigenvalue weighted by Gasteiger charge is -2.11. The largest absolute Gasteiger partial charge is 0.507 e. The summed E-state index contributed by atoms with van der Waals surface area (Å²) in [4.78, 5) is 10.9. The molecule has 0 aliphatic carbocycles. The van der Waals surface area contributed by atoms with Gasteiger partial charge < -0.3 is 20.3 Å². The molecule has 0 heterocycles. The van der Waals surface area contributed by atoms with Crippen molar-refractivity contribution in [2.75, 3.05) is 18.5 Å². The molecule has 116 valence electrons. The van der Waals surface area contributed by atoms with Crippen LogP contribution in [0.2, 0.25) is 5.02 Å². The summed E-state index contributed by atoms with van der Waals surface area (Å²) in [6, 6.07) is 9.72. The highest BCUT2D eigenvalue weighted by molar-refractivity contribution is 6.30. The van der Waals surface area contributed by atoms with E-state index < -0.39 is 5.97 Å². The van der Waals surface area contributed by atoms with Crippen molar-refractivity contribution in [3.8, 4) is 11.5 Å². The molecule has 5 nitrogen and oxygen atoms in total. The van der Waals surface area contributed by atoms with Gasteiger partial charge in [0.25, 0.3) is 0 Å². The van der Waals surface area contributed by atoms with Crippen LogP contribution in [-0.2, 0) is 0 Å². The van der Waals surface area contributed by atoms with Crippen LogP contribution in [0.1, 0.15) is 15.9 Å². The maximum Gasteiger partial charge on any atom is 0.339 e. The molecule has 0 fully saturated rings. The van der Waals surface area contributed by atoms with Crippen molar-refractivity contribution in [2.45, 2.75) is 6.92 Å². The minimum absolute atomic E-state index is 0.139. The summed E-state index contributed by atoms with van der Waals surface area (Å²) in [6.07, 6.45) is 0. The van der Waals surface area contributed by atoms with Crippen molar-refractivity contribution in [3.63, 3.8) is 0 Å². The molecule has 0 saturated heterocycles. The molecule has 0 bridgehead atoms. The highest BCUT2D eigenvalue weighted by Crippen LogP contribution is 2.22. The van der Waals surface area contributed by atoms with Gasteiger partial charge in [-0.3, -0.25) is 0 Å². The normalized spacial score (nSPS) is 10.3. The van der Waals surface area contributed by atoms with Gasteiger partial charge in [-0.05, 0) is 48.9 Å². The fraction of sp³-hybridized carbons (Fsp3) is 0.188. The summed E-state index contributed by atoms with van der Waals surface area (Å²) in [5.74, 6) is -0.677. The van der Waals surface area contributed by atoms with E-state index in [0.717, 1.165) is 11.3 Å². The lowest BCUT2D eigenvalue weighted by molar-refractivity contribution is 0.0694. The monoisotopic (exact) mass is 321 g/mol.